The van der Waals surface area contributed by atoms with Crippen LogP contribution in [0.3, 0.4) is 0 Å². The molecule has 1 aliphatic heterocycles. The Labute approximate surface area is 173 Å². The van der Waals surface area contributed by atoms with Gasteiger partial charge in [-0.05, 0) is 36.8 Å². The molecular formula is C18H20Cl2N2O5S. The molecule has 0 radical (unpaired) electrons. The van der Waals surface area contributed by atoms with Gasteiger partial charge in [0.1, 0.15) is 0 Å². The van der Waals surface area contributed by atoms with Crippen LogP contribution in [0.4, 0.5) is 4.79 Å². The van der Waals surface area contributed by atoms with Crippen molar-refractivity contribution in [2.45, 2.75) is 23.8 Å². The minimum atomic E-state index is -4.02. The zero-order chi connectivity index (χ0) is 21.1. The van der Waals surface area contributed by atoms with Crippen molar-refractivity contribution in [2.75, 3.05) is 13.1 Å². The topological polar surface area (TPSA) is 121 Å². The normalized spacial score (nSPS) is 19.1. The third-order valence-corrected chi connectivity index (χ3v) is 5.93. The Bertz CT molecular complexity index is 951. The molecule has 28 heavy (non-hydrogen) atoms. The summed E-state index contributed by atoms with van der Waals surface area (Å²) < 4.78 is 29.6. The minimum absolute atomic E-state index is 0.0270. The molecule has 10 heteroatoms. The highest BCUT2D eigenvalue weighted by Gasteiger charge is 2.33. The molecule has 3 rings (SSSR count). The molecule has 2 atom stereocenters. The number of hydrogen-bond donors (Lipinski definition) is 3. The van der Waals surface area contributed by atoms with Crippen molar-refractivity contribution >= 4 is 39.4 Å². The molecule has 0 aromatic heterocycles. The van der Waals surface area contributed by atoms with Crippen molar-refractivity contribution in [1.82, 2.24) is 4.90 Å². The summed E-state index contributed by atoms with van der Waals surface area (Å²) in [7, 11) is -4.02. The van der Waals surface area contributed by atoms with Crippen molar-refractivity contribution in [2.24, 2.45) is 5.73 Å². The van der Waals surface area contributed by atoms with Gasteiger partial charge in [0, 0.05) is 25.0 Å². The smallest absolute Gasteiger partial charge is 0.407 e. The summed E-state index contributed by atoms with van der Waals surface area (Å²) in [6, 6.07) is 11.1. The fraction of sp³-hybridized carbons (Fsp3) is 0.278. The monoisotopic (exact) mass is 446 g/mol. The van der Waals surface area contributed by atoms with Gasteiger partial charge in [-0.15, -0.1) is 0 Å². The van der Waals surface area contributed by atoms with Crippen molar-refractivity contribution in [1.29, 1.82) is 0 Å². The number of nitrogens with two attached hydrogens (primary N) is 1. The summed E-state index contributed by atoms with van der Waals surface area (Å²) in [6.45, 7) is 2.59. The third-order valence-electron chi connectivity index (χ3n) is 4.33. The van der Waals surface area contributed by atoms with Crippen LogP contribution in [0.15, 0.2) is 47.4 Å². The molecular weight excluding hydrogens is 427 g/mol. The van der Waals surface area contributed by atoms with Crippen LogP contribution in [-0.4, -0.2) is 48.2 Å². The summed E-state index contributed by atoms with van der Waals surface area (Å²) in [4.78, 5) is 12.1. The Morgan fingerprint density at radius 1 is 1.11 bits per heavy atom. The molecule has 0 unspecified atom stereocenters. The van der Waals surface area contributed by atoms with Crippen LogP contribution in [0.2, 0.25) is 10.0 Å². The number of halogens is 2. The van der Waals surface area contributed by atoms with E-state index in [0.29, 0.717) is 23.1 Å². The molecule has 1 heterocycles. The lowest BCUT2D eigenvalue weighted by atomic mass is 9.95. The molecule has 1 fully saturated rings. The van der Waals surface area contributed by atoms with E-state index in [9.17, 15) is 13.2 Å². The summed E-state index contributed by atoms with van der Waals surface area (Å²) in [5.74, 6) is -0.0270. The average Bonchev–Trinajstić information content (AvgIpc) is 3.00. The van der Waals surface area contributed by atoms with Crippen LogP contribution in [0.1, 0.15) is 17.0 Å². The lowest BCUT2D eigenvalue weighted by Crippen LogP contribution is -2.31. The zero-order valence-corrected chi connectivity index (χ0v) is 17.2. The predicted molar refractivity (Wildman–Crippen MR) is 108 cm³/mol. The Morgan fingerprint density at radius 2 is 1.71 bits per heavy atom. The van der Waals surface area contributed by atoms with Crippen LogP contribution in [0, 0.1) is 6.92 Å². The average molecular weight is 447 g/mol. The minimum Gasteiger partial charge on any atom is -0.465 e. The maximum atomic E-state index is 10.9. The van der Waals surface area contributed by atoms with Gasteiger partial charge in [0.2, 0.25) is 0 Å². The molecule has 2 aromatic rings. The molecule has 1 amide bonds. The Hall–Kier alpha value is -1.84. The lowest BCUT2D eigenvalue weighted by molar-refractivity contribution is 0.154. The van der Waals surface area contributed by atoms with Crippen LogP contribution in [-0.2, 0) is 10.1 Å². The number of rotatable bonds is 2. The number of benzene rings is 2. The van der Waals surface area contributed by atoms with E-state index in [4.69, 9.17) is 38.6 Å². The fourth-order valence-corrected chi connectivity index (χ4v) is 3.58. The maximum absolute atomic E-state index is 10.9. The van der Waals surface area contributed by atoms with E-state index in [-0.39, 0.29) is 16.9 Å². The molecule has 2 aromatic carbocycles. The molecule has 152 valence electrons. The second-order valence-electron chi connectivity index (χ2n) is 6.42. The third kappa shape index (κ3) is 5.83. The van der Waals surface area contributed by atoms with E-state index in [1.54, 1.807) is 24.3 Å². The number of likely N-dealkylation sites (tertiary alicyclic amines) is 1. The Kier molecular flexibility index (Phi) is 7.30. The summed E-state index contributed by atoms with van der Waals surface area (Å²) in [5, 5.41) is 9.86. The Balaban J connectivity index is 0.000000221. The number of hydrogen-bond acceptors (Lipinski definition) is 4. The maximum Gasteiger partial charge on any atom is 0.407 e. The Morgan fingerprint density at radius 3 is 2.18 bits per heavy atom. The molecule has 4 N–H and O–H groups in total. The highest BCUT2D eigenvalue weighted by atomic mass is 35.5. The molecule has 1 saturated heterocycles. The van der Waals surface area contributed by atoms with Gasteiger partial charge in [-0.1, -0.05) is 47.0 Å². The first-order valence-corrected chi connectivity index (χ1v) is 10.4. The first-order valence-electron chi connectivity index (χ1n) is 8.21. The molecule has 0 bridgehead atoms. The summed E-state index contributed by atoms with van der Waals surface area (Å²) >= 11 is 11.8. The largest absolute Gasteiger partial charge is 0.465 e. The highest BCUT2D eigenvalue weighted by Crippen LogP contribution is 2.31. The van der Waals surface area contributed by atoms with Gasteiger partial charge in [-0.3, -0.25) is 4.55 Å². The molecule has 0 saturated carbocycles. The first kappa shape index (κ1) is 22.4. The predicted octanol–water partition coefficient (Wildman–Crippen LogP) is 3.64. The number of carbonyl (C=O) groups is 1. The van der Waals surface area contributed by atoms with Crippen molar-refractivity contribution in [3.05, 3.63) is 63.6 Å². The lowest BCUT2D eigenvalue weighted by Gasteiger charge is -2.14. The molecule has 7 nitrogen and oxygen atoms in total. The molecule has 1 aliphatic rings. The van der Waals surface area contributed by atoms with Crippen LogP contribution in [0.25, 0.3) is 0 Å². The number of aryl methyl sites for hydroxylation is 1. The summed E-state index contributed by atoms with van der Waals surface area (Å²) in [5.41, 5.74) is 7.83. The van der Waals surface area contributed by atoms with E-state index in [0.717, 1.165) is 11.1 Å². The van der Waals surface area contributed by atoms with Gasteiger partial charge in [0.25, 0.3) is 10.1 Å². The van der Waals surface area contributed by atoms with Crippen molar-refractivity contribution < 1.29 is 22.9 Å². The van der Waals surface area contributed by atoms with E-state index in [1.807, 2.05) is 13.0 Å². The van der Waals surface area contributed by atoms with Crippen molar-refractivity contribution in [3.63, 3.8) is 0 Å². The number of amides is 1. The SMILES string of the molecule is Cc1ccc(S(=O)(=O)O)cc1.N[C@@H]1CN(C(=O)O)C[C@H]1c1ccc(Cl)c(Cl)c1. The zero-order valence-electron chi connectivity index (χ0n) is 14.9. The van der Waals surface area contributed by atoms with E-state index < -0.39 is 16.2 Å². The quantitative estimate of drug-likeness (QED) is 0.605. The van der Waals surface area contributed by atoms with Crippen LogP contribution in [0.5, 0.6) is 0 Å². The second kappa shape index (κ2) is 9.11. The van der Waals surface area contributed by atoms with Gasteiger partial charge in [-0.25, -0.2) is 4.79 Å². The van der Waals surface area contributed by atoms with Gasteiger partial charge in [0.05, 0.1) is 14.9 Å². The van der Waals surface area contributed by atoms with E-state index in [2.05, 4.69) is 0 Å². The summed E-state index contributed by atoms with van der Waals surface area (Å²) in [6.07, 6.45) is -0.942. The number of nitrogens with zero attached hydrogens (tertiary/aromatic N) is 1. The standard InChI is InChI=1S/C11H12Cl2N2O2.C7H8O3S/c12-8-2-1-6(3-9(8)13)7-4-15(11(16)17)5-10(7)14;1-6-2-4-7(5-3-6)11(8,9)10/h1-3,7,10H,4-5,14H2,(H,16,17);2-5H,1H3,(H,8,9,10)/t7-,10+;/m0./s1. The van der Waals surface area contributed by atoms with E-state index >= 15 is 0 Å². The second-order valence-corrected chi connectivity index (χ2v) is 8.66. The van der Waals surface area contributed by atoms with Gasteiger partial charge < -0.3 is 15.7 Å². The first-order chi connectivity index (χ1) is 13.0. The fourth-order valence-electron chi connectivity index (χ4n) is 2.79. The van der Waals surface area contributed by atoms with Crippen molar-refractivity contribution in [3.8, 4) is 0 Å². The number of carboxylic acid groups (broad SMARTS) is 1. The molecule has 0 aliphatic carbocycles. The highest BCUT2D eigenvalue weighted by molar-refractivity contribution is 7.85. The van der Waals surface area contributed by atoms with Gasteiger partial charge >= 0.3 is 6.09 Å². The van der Waals surface area contributed by atoms with Gasteiger partial charge in [-0.2, -0.15) is 8.42 Å². The van der Waals surface area contributed by atoms with Gasteiger partial charge in [0.15, 0.2) is 0 Å². The van der Waals surface area contributed by atoms with Crippen LogP contribution >= 0.6 is 23.2 Å². The van der Waals surface area contributed by atoms with E-state index in [1.165, 1.54) is 17.0 Å². The van der Waals surface area contributed by atoms with Crippen LogP contribution < -0.4 is 5.73 Å². The molecule has 0 spiro atoms.